The minimum atomic E-state index is -0.143. The van der Waals surface area contributed by atoms with E-state index in [0.717, 1.165) is 12.8 Å². The molecular formula is C61H44. The summed E-state index contributed by atoms with van der Waals surface area (Å²) in [5, 5.41) is 12.9. The van der Waals surface area contributed by atoms with Gasteiger partial charge >= 0.3 is 0 Å². The number of fused-ring (bicyclic) bond motifs is 8. The van der Waals surface area contributed by atoms with Gasteiger partial charge in [0.15, 0.2) is 0 Å². The smallest absolute Gasteiger partial charge is 0.0210 e. The van der Waals surface area contributed by atoms with Gasteiger partial charge in [0, 0.05) is 5.41 Å². The summed E-state index contributed by atoms with van der Waals surface area (Å²) in [4.78, 5) is 0. The second-order valence-corrected chi connectivity index (χ2v) is 16.9. The van der Waals surface area contributed by atoms with E-state index in [1.807, 2.05) is 0 Å². The van der Waals surface area contributed by atoms with E-state index in [0.29, 0.717) is 0 Å². The molecule has 0 atom stereocenters. The fourth-order valence-corrected chi connectivity index (χ4v) is 11.3. The molecule has 0 heterocycles. The Morgan fingerprint density at radius 2 is 0.705 bits per heavy atom. The van der Waals surface area contributed by atoms with Gasteiger partial charge in [-0.05, 0) is 152 Å². The highest BCUT2D eigenvalue weighted by Crippen LogP contribution is 2.57. The molecule has 0 aliphatic heterocycles. The zero-order valence-corrected chi connectivity index (χ0v) is 34.5. The van der Waals surface area contributed by atoms with Crippen LogP contribution in [0.1, 0.15) is 37.8 Å². The number of benzene rings is 11. The van der Waals surface area contributed by atoms with Crippen LogP contribution >= 0.6 is 0 Å². The molecule has 0 unspecified atom stereocenters. The SMILES string of the molecule is CCC1(CC)c2cc(-c3c4ccccc4c(-c4cccc5ccccc45)c4ccccc34)ccc2-c2cc3c(-c4ccccc4)c4ccccc4c(-c4ccccc4)c3cc21. The van der Waals surface area contributed by atoms with Crippen molar-refractivity contribution in [3.63, 3.8) is 0 Å². The molecule has 0 spiro atoms. The predicted molar refractivity (Wildman–Crippen MR) is 263 cm³/mol. The van der Waals surface area contributed by atoms with Gasteiger partial charge in [0.25, 0.3) is 0 Å². The van der Waals surface area contributed by atoms with E-state index in [1.54, 1.807) is 0 Å². The fourth-order valence-electron chi connectivity index (χ4n) is 11.3. The van der Waals surface area contributed by atoms with Gasteiger partial charge < -0.3 is 0 Å². The molecule has 12 rings (SSSR count). The Bertz CT molecular complexity index is 3470. The molecule has 0 amide bonds. The van der Waals surface area contributed by atoms with Crippen LogP contribution in [0.15, 0.2) is 206 Å². The molecule has 0 heteroatoms. The third-order valence-corrected chi connectivity index (χ3v) is 14.1. The van der Waals surface area contributed by atoms with Crippen LogP contribution in [0, 0.1) is 0 Å². The highest BCUT2D eigenvalue weighted by Gasteiger charge is 2.41. The average Bonchev–Trinajstić information content (AvgIpc) is 3.60. The Morgan fingerprint density at radius 3 is 1.25 bits per heavy atom. The first kappa shape index (κ1) is 35.6. The quantitative estimate of drug-likeness (QED) is 0.148. The van der Waals surface area contributed by atoms with Gasteiger partial charge in [0.05, 0.1) is 0 Å². The second-order valence-electron chi connectivity index (χ2n) is 16.9. The molecule has 0 radical (unpaired) electrons. The summed E-state index contributed by atoms with van der Waals surface area (Å²) in [5.74, 6) is 0. The van der Waals surface area contributed by atoms with Crippen LogP contribution < -0.4 is 0 Å². The lowest BCUT2D eigenvalue weighted by Gasteiger charge is -2.31. The summed E-state index contributed by atoms with van der Waals surface area (Å²) in [6.07, 6.45) is 2.03. The van der Waals surface area contributed by atoms with Crippen molar-refractivity contribution in [2.45, 2.75) is 32.1 Å². The molecule has 0 saturated carbocycles. The Kier molecular flexibility index (Phi) is 8.12. The minimum absolute atomic E-state index is 0.143. The van der Waals surface area contributed by atoms with Gasteiger partial charge in [-0.2, -0.15) is 0 Å². The van der Waals surface area contributed by atoms with Gasteiger partial charge in [0.2, 0.25) is 0 Å². The Hall–Kier alpha value is -7.28. The van der Waals surface area contributed by atoms with Gasteiger partial charge in [-0.1, -0.05) is 202 Å². The van der Waals surface area contributed by atoms with E-state index in [2.05, 4.69) is 220 Å². The summed E-state index contributed by atoms with van der Waals surface area (Å²) >= 11 is 0. The van der Waals surface area contributed by atoms with Crippen LogP contribution in [-0.2, 0) is 5.41 Å². The molecule has 0 bridgehead atoms. The molecule has 1 aliphatic rings. The Labute approximate surface area is 357 Å². The zero-order valence-electron chi connectivity index (χ0n) is 34.5. The van der Waals surface area contributed by atoms with Crippen LogP contribution in [0.2, 0.25) is 0 Å². The van der Waals surface area contributed by atoms with E-state index in [-0.39, 0.29) is 5.41 Å². The minimum Gasteiger partial charge on any atom is -0.0642 e. The van der Waals surface area contributed by atoms with Crippen molar-refractivity contribution in [2.24, 2.45) is 0 Å². The molecular weight excluding hydrogens is 733 g/mol. The lowest BCUT2D eigenvalue weighted by Crippen LogP contribution is -2.23. The Balaban J connectivity index is 1.15. The average molecular weight is 777 g/mol. The summed E-state index contributed by atoms with van der Waals surface area (Å²) < 4.78 is 0. The highest BCUT2D eigenvalue weighted by molar-refractivity contribution is 6.25. The summed E-state index contributed by atoms with van der Waals surface area (Å²) in [6, 6.07) is 77.4. The first-order valence-electron chi connectivity index (χ1n) is 21.9. The van der Waals surface area contributed by atoms with E-state index in [4.69, 9.17) is 0 Å². The maximum Gasteiger partial charge on any atom is 0.0210 e. The predicted octanol–water partition coefficient (Wildman–Crippen LogP) is 17.2. The molecule has 0 aromatic heterocycles. The van der Waals surface area contributed by atoms with Crippen LogP contribution in [-0.4, -0.2) is 0 Å². The molecule has 0 N–H and O–H groups in total. The summed E-state index contributed by atoms with van der Waals surface area (Å²) in [6.45, 7) is 4.80. The monoisotopic (exact) mass is 776 g/mol. The third kappa shape index (κ3) is 5.19. The number of hydrogen-bond acceptors (Lipinski definition) is 0. The first-order valence-corrected chi connectivity index (χ1v) is 21.9. The van der Waals surface area contributed by atoms with Gasteiger partial charge in [-0.15, -0.1) is 0 Å². The van der Waals surface area contributed by atoms with E-state index >= 15 is 0 Å². The largest absolute Gasteiger partial charge is 0.0642 e. The standard InChI is InChI=1S/C61H44/c1-3-61(4-2)55-36-42(59-48-29-15-17-31-50(48)60(51-32-18-16-30-49(51)59)45-33-19-25-39-20-11-12-26-43(39)45)34-35-44(55)52-37-53-54(38-56(52)61)58(41-23-9-6-10-24-41)47-28-14-13-27-46(47)57(53)40-21-7-5-8-22-40/h5-38H,3-4H2,1-2H3. The summed E-state index contributed by atoms with van der Waals surface area (Å²) in [7, 11) is 0. The van der Waals surface area contributed by atoms with Crippen LogP contribution in [0.25, 0.3) is 109 Å². The fraction of sp³-hybridized carbons (Fsp3) is 0.0820. The van der Waals surface area contributed by atoms with E-state index < -0.39 is 0 Å². The molecule has 1 aliphatic carbocycles. The molecule has 0 fully saturated rings. The highest BCUT2D eigenvalue weighted by atomic mass is 14.4. The van der Waals surface area contributed by atoms with Crippen molar-refractivity contribution >= 4 is 53.9 Å². The maximum absolute atomic E-state index is 2.60. The van der Waals surface area contributed by atoms with Crippen LogP contribution in [0.4, 0.5) is 0 Å². The zero-order chi connectivity index (χ0) is 40.7. The van der Waals surface area contributed by atoms with Gasteiger partial charge in [-0.3, -0.25) is 0 Å². The van der Waals surface area contributed by atoms with Gasteiger partial charge in [0.1, 0.15) is 0 Å². The molecule has 0 saturated heterocycles. The van der Waals surface area contributed by atoms with Crippen LogP contribution in [0.5, 0.6) is 0 Å². The number of rotatable bonds is 6. The maximum atomic E-state index is 2.60. The van der Waals surface area contributed by atoms with Gasteiger partial charge in [-0.25, -0.2) is 0 Å². The molecule has 11 aromatic rings. The van der Waals surface area contributed by atoms with Crippen molar-refractivity contribution in [1.29, 1.82) is 0 Å². The molecule has 11 aromatic carbocycles. The van der Waals surface area contributed by atoms with Crippen molar-refractivity contribution in [3.8, 4) is 55.6 Å². The molecule has 0 nitrogen and oxygen atoms in total. The molecule has 61 heavy (non-hydrogen) atoms. The van der Waals surface area contributed by atoms with Crippen molar-refractivity contribution in [2.75, 3.05) is 0 Å². The topological polar surface area (TPSA) is 0 Å². The second kappa shape index (κ2) is 13.9. The van der Waals surface area contributed by atoms with E-state index in [1.165, 1.54) is 121 Å². The number of hydrogen-bond donors (Lipinski definition) is 0. The van der Waals surface area contributed by atoms with Crippen molar-refractivity contribution in [3.05, 3.63) is 217 Å². The van der Waals surface area contributed by atoms with E-state index in [9.17, 15) is 0 Å². The first-order chi connectivity index (χ1) is 30.2. The van der Waals surface area contributed by atoms with Crippen LogP contribution in [0.3, 0.4) is 0 Å². The lowest BCUT2D eigenvalue weighted by atomic mass is 9.72. The molecule has 288 valence electrons. The summed E-state index contributed by atoms with van der Waals surface area (Å²) in [5.41, 5.74) is 15.8. The Morgan fingerprint density at radius 1 is 0.279 bits per heavy atom. The van der Waals surface area contributed by atoms with Crippen molar-refractivity contribution in [1.82, 2.24) is 0 Å². The van der Waals surface area contributed by atoms with Crippen molar-refractivity contribution < 1.29 is 0 Å². The lowest BCUT2D eigenvalue weighted by molar-refractivity contribution is 0.491. The third-order valence-electron chi connectivity index (χ3n) is 14.1. The normalized spacial score (nSPS) is 13.0.